The van der Waals surface area contributed by atoms with Crippen molar-refractivity contribution in [3.63, 3.8) is 0 Å². The molecule has 5 heteroatoms. The van der Waals surface area contributed by atoms with Gasteiger partial charge in [-0.2, -0.15) is 0 Å². The summed E-state index contributed by atoms with van der Waals surface area (Å²) in [6.07, 6.45) is 4.66. The topological polar surface area (TPSA) is 58.4 Å². The summed E-state index contributed by atoms with van der Waals surface area (Å²) in [5.41, 5.74) is 2.14. The van der Waals surface area contributed by atoms with E-state index in [-0.39, 0.29) is 11.8 Å². The van der Waals surface area contributed by atoms with Gasteiger partial charge in [0, 0.05) is 25.2 Å². The minimum Gasteiger partial charge on any atom is -0.361 e. The number of amides is 1. The standard InChI is InChI=1S/C16H25N3O2/c1-11-15(12(2)21-18-11)10-19-7-3-4-14(9-19)16(20)17-8-13-5-6-13/h13-14H,3-10H2,1-2H3,(H,17,20)/t14-/m1/s1. The lowest BCUT2D eigenvalue weighted by Gasteiger charge is -2.31. The highest BCUT2D eigenvalue weighted by Gasteiger charge is 2.28. The maximum atomic E-state index is 12.2. The van der Waals surface area contributed by atoms with E-state index in [0.29, 0.717) is 0 Å². The molecule has 0 aromatic carbocycles. The number of nitrogens with one attached hydrogen (secondary N) is 1. The van der Waals surface area contributed by atoms with Crippen LogP contribution >= 0.6 is 0 Å². The molecule has 5 nitrogen and oxygen atoms in total. The molecule has 0 radical (unpaired) electrons. The van der Waals surface area contributed by atoms with Crippen molar-refractivity contribution in [2.45, 2.75) is 46.1 Å². The Hall–Kier alpha value is -1.36. The SMILES string of the molecule is Cc1noc(C)c1CN1CCC[C@@H](C(=O)NCC2CC2)C1. The van der Waals surface area contributed by atoms with Crippen LogP contribution in [0.2, 0.25) is 0 Å². The molecule has 1 saturated carbocycles. The molecule has 116 valence electrons. The summed E-state index contributed by atoms with van der Waals surface area (Å²) >= 11 is 0. The summed E-state index contributed by atoms with van der Waals surface area (Å²) in [5, 5.41) is 7.13. The van der Waals surface area contributed by atoms with Crippen molar-refractivity contribution in [2.24, 2.45) is 11.8 Å². The molecule has 1 N–H and O–H groups in total. The minimum atomic E-state index is 0.137. The summed E-state index contributed by atoms with van der Waals surface area (Å²) in [7, 11) is 0. The van der Waals surface area contributed by atoms with E-state index in [0.717, 1.165) is 56.4 Å². The van der Waals surface area contributed by atoms with Gasteiger partial charge >= 0.3 is 0 Å². The zero-order valence-electron chi connectivity index (χ0n) is 13.0. The van der Waals surface area contributed by atoms with Gasteiger partial charge in [-0.05, 0) is 52.0 Å². The highest BCUT2D eigenvalue weighted by molar-refractivity contribution is 5.79. The summed E-state index contributed by atoms with van der Waals surface area (Å²) in [6.45, 7) is 7.55. The molecule has 0 unspecified atom stereocenters. The van der Waals surface area contributed by atoms with Crippen LogP contribution in [0, 0.1) is 25.7 Å². The first-order valence-electron chi connectivity index (χ1n) is 8.05. The molecule has 1 aliphatic carbocycles. The molecule has 2 aliphatic rings. The number of likely N-dealkylation sites (tertiary alicyclic amines) is 1. The van der Waals surface area contributed by atoms with Gasteiger partial charge in [0.25, 0.3) is 0 Å². The molecule has 0 bridgehead atoms. The molecule has 1 atom stereocenters. The van der Waals surface area contributed by atoms with Gasteiger partial charge in [-0.15, -0.1) is 0 Å². The quantitative estimate of drug-likeness (QED) is 0.902. The molecular weight excluding hydrogens is 266 g/mol. The Morgan fingerprint density at radius 3 is 2.86 bits per heavy atom. The Bertz CT molecular complexity index is 488. The van der Waals surface area contributed by atoms with Crippen LogP contribution in [-0.4, -0.2) is 35.6 Å². The number of carbonyl (C=O) groups is 1. The first-order valence-corrected chi connectivity index (χ1v) is 8.05. The predicted molar refractivity (Wildman–Crippen MR) is 79.7 cm³/mol. The molecule has 1 aliphatic heterocycles. The van der Waals surface area contributed by atoms with Gasteiger partial charge in [-0.1, -0.05) is 5.16 Å². The Kier molecular flexibility index (Phi) is 4.29. The molecule has 3 rings (SSSR count). The van der Waals surface area contributed by atoms with Crippen LogP contribution in [0.4, 0.5) is 0 Å². The highest BCUT2D eigenvalue weighted by Crippen LogP contribution is 2.28. The highest BCUT2D eigenvalue weighted by atomic mass is 16.5. The smallest absolute Gasteiger partial charge is 0.224 e. The third-order valence-electron chi connectivity index (χ3n) is 4.70. The Morgan fingerprint density at radius 1 is 1.38 bits per heavy atom. The minimum absolute atomic E-state index is 0.137. The van der Waals surface area contributed by atoms with Crippen LogP contribution < -0.4 is 5.32 Å². The molecule has 2 fully saturated rings. The summed E-state index contributed by atoms with van der Waals surface area (Å²) in [5.74, 6) is 2.02. The maximum absolute atomic E-state index is 12.2. The fraction of sp³-hybridized carbons (Fsp3) is 0.750. The fourth-order valence-electron chi connectivity index (χ4n) is 3.08. The Labute approximate surface area is 126 Å². The largest absolute Gasteiger partial charge is 0.361 e. The van der Waals surface area contributed by atoms with Gasteiger partial charge < -0.3 is 9.84 Å². The van der Waals surface area contributed by atoms with Crippen molar-refractivity contribution in [1.29, 1.82) is 0 Å². The molecule has 21 heavy (non-hydrogen) atoms. The number of hydrogen-bond acceptors (Lipinski definition) is 4. The first-order chi connectivity index (χ1) is 10.1. The van der Waals surface area contributed by atoms with Crippen LogP contribution in [0.1, 0.15) is 42.7 Å². The fourth-order valence-corrected chi connectivity index (χ4v) is 3.08. The second kappa shape index (κ2) is 6.18. The third kappa shape index (κ3) is 3.64. The number of hydrogen-bond donors (Lipinski definition) is 1. The first kappa shape index (κ1) is 14.6. The van der Waals surface area contributed by atoms with E-state index in [2.05, 4.69) is 15.4 Å². The molecule has 0 spiro atoms. The Morgan fingerprint density at radius 2 is 2.19 bits per heavy atom. The van der Waals surface area contributed by atoms with Crippen LogP contribution in [0.3, 0.4) is 0 Å². The van der Waals surface area contributed by atoms with Crippen LogP contribution in [0.25, 0.3) is 0 Å². The van der Waals surface area contributed by atoms with E-state index >= 15 is 0 Å². The van der Waals surface area contributed by atoms with Crippen LogP contribution in [0.5, 0.6) is 0 Å². The molecule has 2 heterocycles. The summed E-state index contributed by atoms with van der Waals surface area (Å²) < 4.78 is 5.23. The number of nitrogens with zero attached hydrogens (tertiary/aromatic N) is 2. The normalized spacial score (nSPS) is 23.2. The molecule has 1 amide bonds. The molecule has 1 aromatic heterocycles. The lowest BCUT2D eigenvalue weighted by molar-refractivity contribution is -0.126. The van der Waals surface area contributed by atoms with Crippen molar-refractivity contribution >= 4 is 5.91 Å². The van der Waals surface area contributed by atoms with E-state index in [4.69, 9.17) is 4.52 Å². The lowest BCUT2D eigenvalue weighted by Crippen LogP contribution is -2.43. The van der Waals surface area contributed by atoms with Crippen LogP contribution in [-0.2, 0) is 11.3 Å². The maximum Gasteiger partial charge on any atom is 0.224 e. The van der Waals surface area contributed by atoms with E-state index in [1.807, 2.05) is 13.8 Å². The van der Waals surface area contributed by atoms with Crippen molar-refractivity contribution in [3.05, 3.63) is 17.0 Å². The van der Waals surface area contributed by atoms with Crippen molar-refractivity contribution in [3.8, 4) is 0 Å². The van der Waals surface area contributed by atoms with Crippen molar-refractivity contribution in [2.75, 3.05) is 19.6 Å². The average Bonchev–Trinajstić information content (AvgIpc) is 3.27. The monoisotopic (exact) mass is 291 g/mol. The van der Waals surface area contributed by atoms with Crippen molar-refractivity contribution < 1.29 is 9.32 Å². The summed E-state index contributed by atoms with van der Waals surface area (Å²) in [6, 6.07) is 0. The number of piperidine rings is 1. The van der Waals surface area contributed by atoms with Gasteiger partial charge in [0.1, 0.15) is 5.76 Å². The second-order valence-corrected chi connectivity index (χ2v) is 6.57. The van der Waals surface area contributed by atoms with Gasteiger partial charge in [-0.3, -0.25) is 9.69 Å². The van der Waals surface area contributed by atoms with E-state index in [1.165, 1.54) is 18.4 Å². The van der Waals surface area contributed by atoms with E-state index in [1.54, 1.807) is 0 Å². The van der Waals surface area contributed by atoms with E-state index in [9.17, 15) is 4.79 Å². The predicted octanol–water partition coefficient (Wildman–Crippen LogP) is 2.03. The van der Waals surface area contributed by atoms with Gasteiger partial charge in [0.05, 0.1) is 11.6 Å². The number of carbonyl (C=O) groups excluding carboxylic acids is 1. The van der Waals surface area contributed by atoms with Gasteiger partial charge in [0.2, 0.25) is 5.91 Å². The molecule has 1 saturated heterocycles. The Balaban J connectivity index is 1.53. The average molecular weight is 291 g/mol. The lowest BCUT2D eigenvalue weighted by atomic mass is 9.96. The van der Waals surface area contributed by atoms with Crippen molar-refractivity contribution in [1.82, 2.24) is 15.4 Å². The number of aryl methyl sites for hydroxylation is 2. The number of rotatable bonds is 5. The summed E-state index contributed by atoms with van der Waals surface area (Å²) in [4.78, 5) is 14.6. The van der Waals surface area contributed by atoms with Gasteiger partial charge in [0.15, 0.2) is 0 Å². The zero-order chi connectivity index (χ0) is 14.8. The number of aromatic nitrogens is 1. The van der Waals surface area contributed by atoms with E-state index < -0.39 is 0 Å². The molecular formula is C16H25N3O2. The molecule has 1 aromatic rings. The third-order valence-corrected chi connectivity index (χ3v) is 4.70. The van der Waals surface area contributed by atoms with Gasteiger partial charge in [-0.25, -0.2) is 0 Å². The van der Waals surface area contributed by atoms with Crippen LogP contribution in [0.15, 0.2) is 4.52 Å². The zero-order valence-corrected chi connectivity index (χ0v) is 13.0. The second-order valence-electron chi connectivity index (χ2n) is 6.57.